The summed E-state index contributed by atoms with van der Waals surface area (Å²) in [6.07, 6.45) is 2.63. The molecule has 0 saturated carbocycles. The monoisotopic (exact) mass is 342 g/mol. The summed E-state index contributed by atoms with van der Waals surface area (Å²) >= 11 is 0. The number of aryl methyl sites for hydroxylation is 2. The molecule has 0 aliphatic rings. The van der Waals surface area contributed by atoms with Crippen molar-refractivity contribution in [2.24, 2.45) is 0 Å². The molecule has 5 heteroatoms. The van der Waals surface area contributed by atoms with E-state index in [1.54, 1.807) is 13.1 Å². The van der Waals surface area contributed by atoms with Gasteiger partial charge in [-0.15, -0.1) is 0 Å². The molecule has 0 fully saturated rings. The van der Waals surface area contributed by atoms with Crippen LogP contribution in [0.25, 0.3) is 10.9 Å². The Morgan fingerprint density at radius 1 is 1.08 bits per heavy atom. The largest absolute Gasteiger partial charge is 0.361 e. The fourth-order valence-electron chi connectivity index (χ4n) is 2.89. The number of benzene rings is 2. The van der Waals surface area contributed by atoms with E-state index in [-0.39, 0.29) is 0 Å². The average molecular weight is 342 g/mol. The number of H-pyrrole nitrogens is 1. The number of fused-ring (bicyclic) bond motifs is 1. The number of aromatic amines is 1. The first-order valence-corrected chi connectivity index (χ1v) is 9.42. The number of nitrogens with one attached hydrogen (secondary N) is 1. The van der Waals surface area contributed by atoms with E-state index in [1.165, 1.54) is 4.31 Å². The highest BCUT2D eigenvalue weighted by atomic mass is 32.2. The summed E-state index contributed by atoms with van der Waals surface area (Å²) in [5.41, 5.74) is 3.94. The fraction of sp³-hybridized carbons (Fsp3) is 0.263. The van der Waals surface area contributed by atoms with Gasteiger partial charge in [0.05, 0.1) is 4.90 Å². The lowest BCUT2D eigenvalue weighted by Gasteiger charge is -2.18. The summed E-state index contributed by atoms with van der Waals surface area (Å²) in [5.74, 6) is 0. The summed E-state index contributed by atoms with van der Waals surface area (Å²) in [6, 6.07) is 13.6. The molecule has 0 bridgehead atoms. The molecule has 24 heavy (non-hydrogen) atoms. The van der Waals surface area contributed by atoms with E-state index in [0.29, 0.717) is 17.9 Å². The van der Waals surface area contributed by atoms with E-state index in [9.17, 15) is 8.42 Å². The number of hydrogen-bond donors (Lipinski definition) is 1. The van der Waals surface area contributed by atoms with Crippen LogP contribution in [0.1, 0.15) is 16.7 Å². The van der Waals surface area contributed by atoms with E-state index < -0.39 is 10.0 Å². The van der Waals surface area contributed by atoms with Gasteiger partial charge < -0.3 is 4.98 Å². The minimum atomic E-state index is -3.48. The second-order valence-corrected chi connectivity index (χ2v) is 8.22. The SMILES string of the molecule is Cc1ccc(C)c(S(=O)(=O)N(C)CCc2c[nH]c3ccccc23)c1. The van der Waals surface area contributed by atoms with Crippen LogP contribution in [-0.4, -0.2) is 31.3 Å². The van der Waals surface area contributed by atoms with Crippen molar-refractivity contribution in [2.75, 3.05) is 13.6 Å². The molecule has 0 atom stereocenters. The van der Waals surface area contributed by atoms with Crippen LogP contribution in [0.3, 0.4) is 0 Å². The summed E-state index contributed by atoms with van der Waals surface area (Å²) in [5, 5.41) is 1.15. The van der Waals surface area contributed by atoms with Gasteiger partial charge in [-0.25, -0.2) is 12.7 Å². The van der Waals surface area contributed by atoms with Crippen LogP contribution in [0.4, 0.5) is 0 Å². The molecule has 0 radical (unpaired) electrons. The first kappa shape index (κ1) is 16.7. The average Bonchev–Trinajstić information content (AvgIpc) is 2.98. The molecule has 1 heterocycles. The van der Waals surface area contributed by atoms with Gasteiger partial charge in [0.25, 0.3) is 0 Å². The van der Waals surface area contributed by atoms with Crippen LogP contribution in [0.15, 0.2) is 53.6 Å². The Labute approximate surface area is 143 Å². The van der Waals surface area contributed by atoms with Crippen LogP contribution in [0, 0.1) is 13.8 Å². The van der Waals surface area contributed by atoms with Crippen molar-refractivity contribution in [3.05, 3.63) is 65.4 Å². The maximum absolute atomic E-state index is 12.8. The lowest BCUT2D eigenvalue weighted by atomic mass is 10.1. The van der Waals surface area contributed by atoms with Crippen molar-refractivity contribution < 1.29 is 8.42 Å². The topological polar surface area (TPSA) is 53.2 Å². The third-order valence-electron chi connectivity index (χ3n) is 4.40. The second-order valence-electron chi connectivity index (χ2n) is 6.21. The highest BCUT2D eigenvalue weighted by molar-refractivity contribution is 7.89. The Morgan fingerprint density at radius 3 is 2.62 bits per heavy atom. The van der Waals surface area contributed by atoms with Gasteiger partial charge in [-0.2, -0.15) is 0 Å². The molecule has 2 aromatic carbocycles. The molecule has 1 aromatic heterocycles. The molecule has 0 aliphatic heterocycles. The first-order valence-electron chi connectivity index (χ1n) is 7.98. The summed E-state index contributed by atoms with van der Waals surface area (Å²) in [6.45, 7) is 4.18. The number of sulfonamides is 1. The Hall–Kier alpha value is -2.11. The van der Waals surface area contributed by atoms with Gasteiger partial charge >= 0.3 is 0 Å². The smallest absolute Gasteiger partial charge is 0.243 e. The number of likely N-dealkylation sites (N-methyl/N-ethyl adjacent to an activating group) is 1. The van der Waals surface area contributed by atoms with Gasteiger partial charge in [0, 0.05) is 30.7 Å². The van der Waals surface area contributed by atoms with E-state index in [4.69, 9.17) is 0 Å². The maximum atomic E-state index is 12.8. The molecular formula is C19H22N2O2S. The van der Waals surface area contributed by atoms with E-state index >= 15 is 0 Å². The molecule has 0 unspecified atom stereocenters. The number of aromatic nitrogens is 1. The van der Waals surface area contributed by atoms with E-state index in [2.05, 4.69) is 11.1 Å². The van der Waals surface area contributed by atoms with E-state index in [1.807, 2.05) is 50.4 Å². The van der Waals surface area contributed by atoms with Crippen molar-refractivity contribution in [1.82, 2.24) is 9.29 Å². The van der Waals surface area contributed by atoms with Crippen LogP contribution in [0.2, 0.25) is 0 Å². The van der Waals surface area contributed by atoms with Crippen molar-refractivity contribution in [3.8, 4) is 0 Å². The molecule has 0 saturated heterocycles. The number of nitrogens with zero attached hydrogens (tertiary/aromatic N) is 1. The summed E-state index contributed by atoms with van der Waals surface area (Å²) in [4.78, 5) is 3.62. The Balaban J connectivity index is 1.81. The minimum Gasteiger partial charge on any atom is -0.361 e. The Morgan fingerprint density at radius 2 is 1.83 bits per heavy atom. The Kier molecular flexibility index (Phi) is 4.47. The van der Waals surface area contributed by atoms with Crippen LogP contribution in [-0.2, 0) is 16.4 Å². The normalized spacial score (nSPS) is 12.2. The van der Waals surface area contributed by atoms with Crippen LogP contribution in [0.5, 0.6) is 0 Å². The second kappa shape index (κ2) is 6.42. The molecule has 0 aliphatic carbocycles. The molecule has 3 rings (SSSR count). The molecule has 0 amide bonds. The van der Waals surface area contributed by atoms with Gasteiger partial charge in [-0.3, -0.25) is 0 Å². The molecule has 1 N–H and O–H groups in total. The van der Waals surface area contributed by atoms with Crippen LogP contribution < -0.4 is 0 Å². The zero-order chi connectivity index (χ0) is 17.3. The number of hydrogen-bond acceptors (Lipinski definition) is 2. The quantitative estimate of drug-likeness (QED) is 0.769. The molecular weight excluding hydrogens is 320 g/mol. The highest BCUT2D eigenvalue weighted by Gasteiger charge is 2.22. The lowest BCUT2D eigenvalue weighted by molar-refractivity contribution is 0.472. The third kappa shape index (κ3) is 3.09. The fourth-order valence-corrected chi connectivity index (χ4v) is 4.37. The maximum Gasteiger partial charge on any atom is 0.243 e. The summed E-state index contributed by atoms with van der Waals surface area (Å²) < 4.78 is 27.1. The van der Waals surface area contributed by atoms with Gasteiger partial charge in [0.1, 0.15) is 0 Å². The molecule has 126 valence electrons. The highest BCUT2D eigenvalue weighted by Crippen LogP contribution is 2.22. The standard InChI is InChI=1S/C19H22N2O2S/c1-14-8-9-15(2)19(12-14)24(22,23)21(3)11-10-16-13-20-18-7-5-4-6-17(16)18/h4-9,12-13,20H,10-11H2,1-3H3. The van der Waals surface area contributed by atoms with Gasteiger partial charge in [0.2, 0.25) is 10.0 Å². The Bertz CT molecular complexity index is 974. The minimum absolute atomic E-state index is 0.393. The van der Waals surface area contributed by atoms with Gasteiger partial charge in [-0.05, 0) is 49.1 Å². The predicted octanol–water partition coefficient (Wildman–Crippen LogP) is 3.65. The number of para-hydroxylation sites is 1. The van der Waals surface area contributed by atoms with Crippen molar-refractivity contribution in [2.45, 2.75) is 25.2 Å². The lowest BCUT2D eigenvalue weighted by Crippen LogP contribution is -2.29. The summed E-state index contributed by atoms with van der Waals surface area (Å²) in [7, 11) is -1.83. The van der Waals surface area contributed by atoms with Crippen molar-refractivity contribution in [1.29, 1.82) is 0 Å². The van der Waals surface area contributed by atoms with Crippen LogP contribution >= 0.6 is 0 Å². The van der Waals surface area contributed by atoms with Gasteiger partial charge in [0.15, 0.2) is 0 Å². The van der Waals surface area contributed by atoms with E-state index in [0.717, 1.165) is 27.6 Å². The van der Waals surface area contributed by atoms with Gasteiger partial charge in [-0.1, -0.05) is 30.3 Å². The van der Waals surface area contributed by atoms with Crippen molar-refractivity contribution in [3.63, 3.8) is 0 Å². The first-order chi connectivity index (χ1) is 11.4. The van der Waals surface area contributed by atoms with Crippen molar-refractivity contribution >= 4 is 20.9 Å². The molecule has 4 nitrogen and oxygen atoms in total. The zero-order valence-corrected chi connectivity index (χ0v) is 15.0. The number of rotatable bonds is 5. The third-order valence-corrected chi connectivity index (χ3v) is 6.40. The zero-order valence-electron chi connectivity index (χ0n) is 14.2. The molecule has 3 aromatic rings. The molecule has 0 spiro atoms. The predicted molar refractivity (Wildman–Crippen MR) is 97.7 cm³/mol.